The van der Waals surface area contributed by atoms with Crippen LogP contribution in [0.15, 0.2) is 0 Å². The maximum Gasteiger partial charge on any atom is 0.334 e. The van der Waals surface area contributed by atoms with E-state index in [1.807, 2.05) is 0 Å². The lowest BCUT2D eigenvalue weighted by Gasteiger charge is -2.22. The van der Waals surface area contributed by atoms with Crippen molar-refractivity contribution in [3.8, 4) is 0 Å². The molecule has 0 saturated heterocycles. The molecular weight excluding hydrogens is 224 g/mol. The van der Waals surface area contributed by atoms with Crippen molar-refractivity contribution in [2.24, 2.45) is 5.73 Å². The second kappa shape index (κ2) is 13.1. The fourth-order valence-electron chi connectivity index (χ4n) is 1.05. The van der Waals surface area contributed by atoms with Gasteiger partial charge in [0.2, 0.25) is 0 Å². The average molecular weight is 252 g/mol. The van der Waals surface area contributed by atoms with Gasteiger partial charge in [-0.05, 0) is 32.5 Å². The molecule has 6 heteroatoms. The third-order valence-electron chi connectivity index (χ3n) is 2.17. The maximum atomic E-state index is 7.57. The molecule has 5 nitrogen and oxygen atoms in total. The smallest absolute Gasteiger partial charge is 0.334 e. The highest BCUT2D eigenvalue weighted by atomic mass is 28.4. The van der Waals surface area contributed by atoms with Crippen molar-refractivity contribution < 1.29 is 14.0 Å². The first-order valence-electron chi connectivity index (χ1n) is 5.72. The van der Waals surface area contributed by atoms with Crippen LogP contribution in [-0.2, 0) is 8.85 Å². The molecule has 0 atom stereocenters. The molecule has 0 saturated carbocycles. The van der Waals surface area contributed by atoms with Crippen LogP contribution < -0.4 is 11.1 Å². The summed E-state index contributed by atoms with van der Waals surface area (Å²) in [5.74, 6) is 0. The summed E-state index contributed by atoms with van der Waals surface area (Å²) in [6.45, 7) is 6.59. The number of hydrogen-bond donors (Lipinski definition) is 3. The summed E-state index contributed by atoms with van der Waals surface area (Å²) in [4.78, 5) is 0. The number of nitrogens with one attached hydrogen (secondary N) is 1. The van der Waals surface area contributed by atoms with Gasteiger partial charge in [-0.2, -0.15) is 0 Å². The Morgan fingerprint density at radius 3 is 2.12 bits per heavy atom. The second-order valence-electron chi connectivity index (χ2n) is 3.50. The summed E-state index contributed by atoms with van der Waals surface area (Å²) >= 11 is 0. The molecule has 100 valence electrons. The molecule has 0 aliphatic rings. The first kappa shape index (κ1) is 18.4. The van der Waals surface area contributed by atoms with E-state index in [0.717, 1.165) is 25.6 Å². The molecule has 0 aromatic carbocycles. The van der Waals surface area contributed by atoms with Crippen LogP contribution in [-0.4, -0.2) is 54.1 Å². The Labute approximate surface area is 101 Å². The van der Waals surface area contributed by atoms with Crippen LogP contribution in [0.1, 0.15) is 13.3 Å². The van der Waals surface area contributed by atoms with Gasteiger partial charge >= 0.3 is 8.56 Å². The molecule has 0 unspecified atom stereocenters. The minimum Gasteiger partial charge on any atom is -0.398 e. The van der Waals surface area contributed by atoms with E-state index < -0.39 is 8.56 Å². The highest BCUT2D eigenvalue weighted by Crippen LogP contribution is 2.12. The van der Waals surface area contributed by atoms with Crippen molar-refractivity contribution in [2.75, 3.05) is 40.5 Å². The molecule has 0 rings (SSSR count). The van der Waals surface area contributed by atoms with Gasteiger partial charge in [0.15, 0.2) is 0 Å². The van der Waals surface area contributed by atoms with Crippen molar-refractivity contribution in [3.63, 3.8) is 0 Å². The van der Waals surface area contributed by atoms with Gasteiger partial charge in [-0.15, -0.1) is 0 Å². The van der Waals surface area contributed by atoms with Gasteiger partial charge in [-0.3, -0.25) is 0 Å². The minimum atomic E-state index is -1.83. The highest BCUT2D eigenvalue weighted by molar-refractivity contribution is 6.65. The SMILES string of the molecule is CCO.CO[Si](C)(CCCNCCN)OC. The van der Waals surface area contributed by atoms with Crippen molar-refractivity contribution in [3.05, 3.63) is 0 Å². The first-order chi connectivity index (χ1) is 7.60. The molecule has 0 aliphatic carbocycles. The van der Waals surface area contributed by atoms with Crippen LogP contribution in [0.3, 0.4) is 0 Å². The number of nitrogens with two attached hydrogens (primary N) is 1. The quantitative estimate of drug-likeness (QED) is 0.427. The molecule has 0 aliphatic heterocycles. The number of aliphatic hydroxyl groups excluding tert-OH is 1. The van der Waals surface area contributed by atoms with Crippen molar-refractivity contribution in [2.45, 2.75) is 25.9 Å². The third-order valence-corrected chi connectivity index (χ3v) is 5.16. The monoisotopic (exact) mass is 252 g/mol. The Hall–Kier alpha value is 0.0169. The summed E-state index contributed by atoms with van der Waals surface area (Å²) < 4.78 is 10.7. The Kier molecular flexibility index (Phi) is 15.0. The number of rotatable bonds is 8. The average Bonchev–Trinajstić information content (AvgIpc) is 2.29. The van der Waals surface area contributed by atoms with E-state index in [1.54, 1.807) is 21.1 Å². The van der Waals surface area contributed by atoms with E-state index in [9.17, 15) is 0 Å². The van der Waals surface area contributed by atoms with Crippen LogP contribution in [0.5, 0.6) is 0 Å². The van der Waals surface area contributed by atoms with E-state index in [0.29, 0.717) is 6.54 Å². The predicted octanol–water partition coefficient (Wildman–Crippen LogP) is 0.288. The lowest BCUT2D eigenvalue weighted by Crippen LogP contribution is -2.37. The van der Waals surface area contributed by atoms with Crippen LogP contribution in [0.2, 0.25) is 12.6 Å². The normalized spacial score (nSPS) is 10.9. The Bertz CT molecular complexity index is 135. The molecule has 4 N–H and O–H groups in total. The van der Waals surface area contributed by atoms with E-state index in [-0.39, 0.29) is 6.61 Å². The Balaban J connectivity index is 0. The van der Waals surface area contributed by atoms with Crippen molar-refractivity contribution >= 4 is 8.56 Å². The summed E-state index contributed by atoms with van der Waals surface area (Å²) in [6, 6.07) is 1.03. The Morgan fingerprint density at radius 2 is 1.75 bits per heavy atom. The zero-order valence-electron chi connectivity index (χ0n) is 11.1. The molecule has 0 radical (unpaired) electrons. The molecule has 16 heavy (non-hydrogen) atoms. The van der Waals surface area contributed by atoms with Gasteiger partial charge in [-0.1, -0.05) is 0 Å². The largest absolute Gasteiger partial charge is 0.398 e. The second-order valence-corrected chi connectivity index (χ2v) is 7.08. The topological polar surface area (TPSA) is 76.7 Å². The van der Waals surface area contributed by atoms with Gasteiger partial charge in [0, 0.05) is 33.9 Å². The predicted molar refractivity (Wildman–Crippen MR) is 69.7 cm³/mol. The molecule has 0 spiro atoms. The van der Waals surface area contributed by atoms with Crippen LogP contribution >= 0.6 is 0 Å². The molecule has 0 amide bonds. The maximum absolute atomic E-state index is 7.57. The Morgan fingerprint density at radius 1 is 1.25 bits per heavy atom. The van der Waals surface area contributed by atoms with Crippen LogP contribution in [0, 0.1) is 0 Å². The number of hydrogen-bond acceptors (Lipinski definition) is 5. The highest BCUT2D eigenvalue weighted by Gasteiger charge is 2.27. The third kappa shape index (κ3) is 12.1. The van der Waals surface area contributed by atoms with E-state index >= 15 is 0 Å². The van der Waals surface area contributed by atoms with Crippen LogP contribution in [0.4, 0.5) is 0 Å². The summed E-state index contributed by atoms with van der Waals surface area (Å²) in [5.41, 5.74) is 5.35. The fraction of sp³-hybridized carbons (Fsp3) is 1.00. The molecular formula is C10H28N2O3Si. The van der Waals surface area contributed by atoms with E-state index in [2.05, 4.69) is 11.9 Å². The van der Waals surface area contributed by atoms with Crippen molar-refractivity contribution in [1.29, 1.82) is 0 Å². The zero-order valence-corrected chi connectivity index (χ0v) is 12.1. The zero-order chi connectivity index (χ0) is 12.9. The first-order valence-corrected chi connectivity index (χ1v) is 8.24. The van der Waals surface area contributed by atoms with Crippen molar-refractivity contribution in [1.82, 2.24) is 5.32 Å². The molecule has 0 fully saturated rings. The summed E-state index contributed by atoms with van der Waals surface area (Å²) in [6.07, 6.45) is 1.09. The molecule has 0 aromatic heterocycles. The van der Waals surface area contributed by atoms with Gasteiger partial charge in [-0.25, -0.2) is 0 Å². The van der Waals surface area contributed by atoms with Gasteiger partial charge in [0.25, 0.3) is 0 Å². The van der Waals surface area contributed by atoms with Crippen LogP contribution in [0.25, 0.3) is 0 Å². The van der Waals surface area contributed by atoms with Gasteiger partial charge in [0.05, 0.1) is 0 Å². The fourth-order valence-corrected chi connectivity index (χ4v) is 2.44. The minimum absolute atomic E-state index is 0.250. The summed E-state index contributed by atoms with van der Waals surface area (Å²) in [5, 5.41) is 10.8. The van der Waals surface area contributed by atoms with Gasteiger partial charge < -0.3 is 25.0 Å². The van der Waals surface area contributed by atoms with E-state index in [4.69, 9.17) is 19.7 Å². The molecule has 0 aromatic rings. The molecule has 0 heterocycles. The molecule has 0 bridgehead atoms. The standard InChI is InChI=1S/C8H22N2O2Si.C2H6O/c1-11-13(3,12-2)8-4-6-10-7-5-9;1-2-3/h10H,4-9H2,1-3H3;3H,2H2,1H3. The van der Waals surface area contributed by atoms with E-state index in [1.165, 1.54) is 0 Å². The lowest BCUT2D eigenvalue weighted by molar-refractivity contribution is 0.248. The lowest BCUT2D eigenvalue weighted by atomic mass is 10.5. The van der Waals surface area contributed by atoms with Gasteiger partial charge in [0.1, 0.15) is 0 Å². The summed E-state index contributed by atoms with van der Waals surface area (Å²) in [7, 11) is 1.62. The number of aliphatic hydroxyl groups is 1.